The zero-order valence-electron chi connectivity index (χ0n) is 11.9. The maximum absolute atomic E-state index is 13.4. The molecule has 0 unspecified atom stereocenters. The van der Waals surface area contributed by atoms with Gasteiger partial charge < -0.3 is 14.8 Å². The molecule has 6 nitrogen and oxygen atoms in total. The van der Waals surface area contributed by atoms with Crippen molar-refractivity contribution in [2.45, 2.75) is 0 Å². The van der Waals surface area contributed by atoms with Crippen LogP contribution < -0.4 is 14.8 Å². The Morgan fingerprint density at radius 1 is 1.23 bits per heavy atom. The lowest BCUT2D eigenvalue weighted by Gasteiger charge is -2.12. The van der Waals surface area contributed by atoms with Gasteiger partial charge in [0.25, 0.3) is 5.69 Å². The number of hydrogen-bond acceptors (Lipinski definition) is 5. The zero-order chi connectivity index (χ0) is 15.9. The van der Waals surface area contributed by atoms with E-state index in [4.69, 9.17) is 9.47 Å². The molecule has 0 aliphatic heterocycles. The summed E-state index contributed by atoms with van der Waals surface area (Å²) in [6.45, 7) is 0.540. The molecule has 7 heteroatoms. The third-order valence-electron chi connectivity index (χ3n) is 2.91. The molecule has 0 spiro atoms. The van der Waals surface area contributed by atoms with Crippen LogP contribution in [0.4, 0.5) is 15.8 Å². The van der Waals surface area contributed by atoms with Crippen LogP contribution >= 0.6 is 0 Å². The van der Waals surface area contributed by atoms with E-state index >= 15 is 0 Å². The molecule has 0 bridgehead atoms. The molecular formula is C15H15FN2O4. The van der Waals surface area contributed by atoms with Gasteiger partial charge in [-0.3, -0.25) is 10.1 Å². The lowest BCUT2D eigenvalue weighted by molar-refractivity contribution is -0.384. The number of ether oxygens (including phenoxy) is 2. The fourth-order valence-electron chi connectivity index (χ4n) is 1.86. The number of rotatable bonds is 7. The molecule has 116 valence electrons. The molecule has 22 heavy (non-hydrogen) atoms. The minimum absolute atomic E-state index is 0.0432. The third-order valence-corrected chi connectivity index (χ3v) is 2.91. The van der Waals surface area contributed by atoms with Crippen LogP contribution in [-0.4, -0.2) is 25.2 Å². The Morgan fingerprint density at radius 3 is 2.68 bits per heavy atom. The summed E-state index contributed by atoms with van der Waals surface area (Å²) in [6.07, 6.45) is 0. The molecule has 0 atom stereocenters. The van der Waals surface area contributed by atoms with Crippen LogP contribution in [0.3, 0.4) is 0 Å². The van der Waals surface area contributed by atoms with E-state index in [1.807, 2.05) is 0 Å². The highest BCUT2D eigenvalue weighted by Gasteiger charge is 2.11. The number of benzene rings is 2. The van der Waals surface area contributed by atoms with Gasteiger partial charge in [-0.15, -0.1) is 0 Å². The number of halogens is 1. The van der Waals surface area contributed by atoms with Crippen LogP contribution in [0.5, 0.6) is 11.5 Å². The number of methoxy groups -OCH3 is 1. The number of non-ortho nitro benzene ring substituents is 1. The van der Waals surface area contributed by atoms with Gasteiger partial charge in [-0.2, -0.15) is 0 Å². The molecule has 2 aromatic carbocycles. The summed E-state index contributed by atoms with van der Waals surface area (Å²) in [5.41, 5.74) is 0.437. The molecule has 0 aliphatic rings. The topological polar surface area (TPSA) is 73.6 Å². The van der Waals surface area contributed by atoms with E-state index in [9.17, 15) is 14.5 Å². The average Bonchev–Trinajstić information content (AvgIpc) is 2.52. The van der Waals surface area contributed by atoms with Crippen LogP contribution in [0, 0.1) is 15.9 Å². The van der Waals surface area contributed by atoms with Gasteiger partial charge in [-0.25, -0.2) is 4.39 Å². The Hall–Kier alpha value is -2.83. The van der Waals surface area contributed by atoms with Crippen molar-refractivity contribution in [3.8, 4) is 11.5 Å². The highest BCUT2D eigenvalue weighted by molar-refractivity contribution is 5.61. The number of nitrogens with zero attached hydrogens (tertiary/aromatic N) is 1. The fourth-order valence-corrected chi connectivity index (χ4v) is 1.86. The van der Waals surface area contributed by atoms with Crippen molar-refractivity contribution in [3.05, 3.63) is 58.4 Å². The Balaban J connectivity index is 1.95. The molecule has 0 amide bonds. The number of nitrogens with one attached hydrogen (secondary N) is 1. The van der Waals surface area contributed by atoms with Crippen LogP contribution in [-0.2, 0) is 0 Å². The smallest absolute Gasteiger partial charge is 0.271 e. The van der Waals surface area contributed by atoms with Gasteiger partial charge in [-0.1, -0.05) is 12.1 Å². The van der Waals surface area contributed by atoms with Gasteiger partial charge in [0, 0.05) is 18.7 Å². The van der Waals surface area contributed by atoms with Crippen molar-refractivity contribution in [1.29, 1.82) is 0 Å². The minimum Gasteiger partial charge on any atom is -0.495 e. The summed E-state index contributed by atoms with van der Waals surface area (Å²) >= 11 is 0. The van der Waals surface area contributed by atoms with Gasteiger partial charge >= 0.3 is 0 Å². The van der Waals surface area contributed by atoms with E-state index in [1.165, 1.54) is 37.4 Å². The van der Waals surface area contributed by atoms with Crippen LogP contribution in [0.25, 0.3) is 0 Å². The van der Waals surface area contributed by atoms with Gasteiger partial charge in [0.05, 0.1) is 17.7 Å². The van der Waals surface area contributed by atoms with Crippen molar-refractivity contribution >= 4 is 11.4 Å². The number of nitro groups is 1. The first-order chi connectivity index (χ1) is 10.6. The Morgan fingerprint density at radius 2 is 2.00 bits per heavy atom. The standard InChI is InChI=1S/C15H15FN2O4/c1-21-15-7-6-11(18(19)20)10-13(15)17-8-9-22-14-5-3-2-4-12(14)16/h2-7,10,17H,8-9H2,1H3. The van der Waals surface area contributed by atoms with Crippen LogP contribution in [0.2, 0.25) is 0 Å². The van der Waals surface area contributed by atoms with E-state index < -0.39 is 10.7 Å². The molecule has 1 N–H and O–H groups in total. The first-order valence-electron chi connectivity index (χ1n) is 6.55. The summed E-state index contributed by atoms with van der Waals surface area (Å²) < 4.78 is 23.8. The molecule has 0 aliphatic carbocycles. The zero-order valence-corrected chi connectivity index (χ0v) is 11.9. The molecule has 2 aromatic rings. The predicted molar refractivity (Wildman–Crippen MR) is 80.0 cm³/mol. The maximum atomic E-state index is 13.4. The van der Waals surface area contributed by atoms with Crippen LogP contribution in [0.1, 0.15) is 0 Å². The second kappa shape index (κ2) is 7.26. The van der Waals surface area contributed by atoms with Crippen molar-refractivity contribution in [2.24, 2.45) is 0 Å². The lowest BCUT2D eigenvalue weighted by atomic mass is 10.2. The monoisotopic (exact) mass is 306 g/mol. The quantitative estimate of drug-likeness (QED) is 0.483. The molecule has 0 saturated heterocycles. The lowest BCUT2D eigenvalue weighted by Crippen LogP contribution is -2.12. The van der Waals surface area contributed by atoms with Crippen molar-refractivity contribution in [3.63, 3.8) is 0 Å². The van der Waals surface area contributed by atoms with Gasteiger partial charge in [-0.05, 0) is 18.2 Å². The SMILES string of the molecule is COc1ccc([N+](=O)[O-])cc1NCCOc1ccccc1F. The number of nitro benzene ring substituents is 1. The molecule has 0 saturated carbocycles. The Bertz CT molecular complexity index is 664. The number of hydrogen-bond donors (Lipinski definition) is 1. The van der Waals surface area contributed by atoms with Crippen molar-refractivity contribution in [1.82, 2.24) is 0 Å². The van der Waals surface area contributed by atoms with E-state index in [0.717, 1.165) is 0 Å². The van der Waals surface area contributed by atoms with E-state index in [-0.39, 0.29) is 18.0 Å². The second-order valence-corrected chi connectivity index (χ2v) is 4.35. The minimum atomic E-state index is -0.486. The predicted octanol–water partition coefficient (Wildman–Crippen LogP) is 3.23. The fraction of sp³-hybridized carbons (Fsp3) is 0.200. The van der Waals surface area contributed by atoms with Gasteiger partial charge in [0.2, 0.25) is 0 Å². The Labute approximate surface area is 126 Å². The third kappa shape index (κ3) is 3.85. The molecule has 0 fully saturated rings. The molecule has 0 aromatic heterocycles. The second-order valence-electron chi connectivity index (χ2n) is 4.35. The summed E-state index contributed by atoms with van der Waals surface area (Å²) in [7, 11) is 1.47. The number of para-hydroxylation sites is 1. The van der Waals surface area contributed by atoms with Gasteiger partial charge in [0.1, 0.15) is 12.4 Å². The van der Waals surface area contributed by atoms with Crippen LogP contribution in [0.15, 0.2) is 42.5 Å². The summed E-state index contributed by atoms with van der Waals surface area (Å²) in [6, 6.07) is 10.3. The van der Waals surface area contributed by atoms with E-state index in [0.29, 0.717) is 18.0 Å². The Kier molecular flexibility index (Phi) is 5.13. The van der Waals surface area contributed by atoms with E-state index in [2.05, 4.69) is 5.32 Å². The summed E-state index contributed by atoms with van der Waals surface area (Å²) in [5, 5.41) is 13.7. The first-order valence-corrected chi connectivity index (χ1v) is 6.55. The van der Waals surface area contributed by atoms with Gasteiger partial charge in [0.15, 0.2) is 11.6 Å². The molecule has 2 rings (SSSR count). The maximum Gasteiger partial charge on any atom is 0.271 e. The normalized spacial score (nSPS) is 10.1. The largest absolute Gasteiger partial charge is 0.495 e. The van der Waals surface area contributed by atoms with Crippen molar-refractivity contribution in [2.75, 3.05) is 25.6 Å². The average molecular weight is 306 g/mol. The van der Waals surface area contributed by atoms with Crippen molar-refractivity contribution < 1.29 is 18.8 Å². The highest BCUT2D eigenvalue weighted by atomic mass is 19.1. The first kappa shape index (κ1) is 15.6. The summed E-state index contributed by atoms with van der Waals surface area (Å²) in [5.74, 6) is 0.210. The number of anilines is 1. The molecule has 0 radical (unpaired) electrons. The summed E-state index contributed by atoms with van der Waals surface area (Å²) in [4.78, 5) is 10.3. The van der Waals surface area contributed by atoms with E-state index in [1.54, 1.807) is 12.1 Å². The molecule has 0 heterocycles. The highest BCUT2D eigenvalue weighted by Crippen LogP contribution is 2.28. The molecular weight excluding hydrogens is 291 g/mol.